The van der Waals surface area contributed by atoms with Crippen LogP contribution >= 0.6 is 0 Å². The first-order valence-electron chi connectivity index (χ1n) is 9.67. The van der Waals surface area contributed by atoms with Crippen LogP contribution in [0.15, 0.2) is 30.5 Å². The highest BCUT2D eigenvalue weighted by Gasteiger charge is 2.11. The molecule has 1 aliphatic heterocycles. The number of halogens is 2. The quantitative estimate of drug-likeness (QED) is 0.623. The molecule has 0 amide bonds. The van der Waals surface area contributed by atoms with Crippen molar-refractivity contribution in [3.05, 3.63) is 59.2 Å². The summed E-state index contributed by atoms with van der Waals surface area (Å²) in [6.07, 6.45) is 9.92. The van der Waals surface area contributed by atoms with Crippen LogP contribution in [0.3, 0.4) is 0 Å². The Balaban J connectivity index is 1.39. The summed E-state index contributed by atoms with van der Waals surface area (Å²) in [5.41, 5.74) is 1.77. The van der Waals surface area contributed by atoms with E-state index in [1.54, 1.807) is 0 Å². The van der Waals surface area contributed by atoms with Gasteiger partial charge in [-0.15, -0.1) is 0 Å². The Hall–Kier alpha value is -1.88. The lowest BCUT2D eigenvalue weighted by Gasteiger charge is -2.13. The Morgan fingerprint density at radius 2 is 1.62 bits per heavy atom. The maximum absolute atomic E-state index is 13.2. The van der Waals surface area contributed by atoms with E-state index in [2.05, 4.69) is 14.9 Å². The molecule has 0 N–H and O–H groups in total. The lowest BCUT2D eigenvalue weighted by atomic mass is 10.1. The molecule has 0 saturated carbocycles. The van der Waals surface area contributed by atoms with E-state index in [0.717, 1.165) is 56.2 Å². The minimum atomic E-state index is -0.505. The summed E-state index contributed by atoms with van der Waals surface area (Å²) >= 11 is 0. The van der Waals surface area contributed by atoms with Crippen molar-refractivity contribution in [3.63, 3.8) is 0 Å². The molecule has 3 rings (SSSR count). The third kappa shape index (κ3) is 6.13. The maximum Gasteiger partial charge on any atom is 0.128 e. The van der Waals surface area contributed by atoms with Gasteiger partial charge in [-0.3, -0.25) is 0 Å². The van der Waals surface area contributed by atoms with Crippen LogP contribution in [0.2, 0.25) is 0 Å². The largest absolute Gasteiger partial charge is 0.303 e. The molecule has 2 aromatic rings. The predicted octanol–water partition coefficient (Wildman–Crippen LogP) is 4.35. The highest BCUT2D eigenvalue weighted by atomic mass is 19.1. The van der Waals surface area contributed by atoms with Gasteiger partial charge in [-0.1, -0.05) is 0 Å². The molecule has 1 saturated heterocycles. The van der Waals surface area contributed by atoms with Crippen molar-refractivity contribution in [2.45, 2.75) is 51.4 Å². The third-order valence-electron chi connectivity index (χ3n) is 4.91. The second-order valence-corrected chi connectivity index (χ2v) is 7.10. The van der Waals surface area contributed by atoms with Crippen LogP contribution < -0.4 is 0 Å². The van der Waals surface area contributed by atoms with Gasteiger partial charge in [-0.05, 0) is 88.3 Å². The summed E-state index contributed by atoms with van der Waals surface area (Å²) in [7, 11) is 0. The molecule has 1 aromatic carbocycles. The van der Waals surface area contributed by atoms with Crippen molar-refractivity contribution in [2.24, 2.45) is 0 Å². The van der Waals surface area contributed by atoms with Crippen LogP contribution in [0.5, 0.6) is 0 Å². The van der Waals surface area contributed by atoms with Gasteiger partial charge >= 0.3 is 0 Å². The zero-order valence-corrected chi connectivity index (χ0v) is 15.3. The fraction of sp³-hybridized carbons (Fsp3) is 0.524. The highest BCUT2D eigenvalue weighted by Crippen LogP contribution is 2.13. The Bertz CT molecular complexity index is 679. The average molecular weight is 359 g/mol. The first-order valence-corrected chi connectivity index (χ1v) is 9.67. The summed E-state index contributed by atoms with van der Waals surface area (Å²) in [5, 5.41) is 0. The molecule has 0 radical (unpaired) electrons. The van der Waals surface area contributed by atoms with Crippen LogP contribution in [0.1, 0.15) is 49.2 Å². The fourth-order valence-corrected chi connectivity index (χ4v) is 3.56. The number of aromatic nitrogens is 2. The molecule has 0 unspecified atom stereocenters. The maximum atomic E-state index is 13.2. The fourth-order valence-electron chi connectivity index (χ4n) is 3.56. The molecule has 2 heterocycles. The van der Waals surface area contributed by atoms with Crippen molar-refractivity contribution in [2.75, 3.05) is 19.6 Å². The van der Waals surface area contributed by atoms with E-state index in [4.69, 9.17) is 0 Å². The molecule has 5 heteroatoms. The Morgan fingerprint density at radius 1 is 0.885 bits per heavy atom. The number of hydrogen-bond acceptors (Lipinski definition) is 3. The summed E-state index contributed by atoms with van der Waals surface area (Å²) in [4.78, 5) is 11.6. The van der Waals surface area contributed by atoms with Crippen LogP contribution in [-0.4, -0.2) is 34.5 Å². The van der Waals surface area contributed by atoms with E-state index in [9.17, 15) is 8.78 Å². The zero-order chi connectivity index (χ0) is 18.2. The van der Waals surface area contributed by atoms with Gasteiger partial charge in [0.2, 0.25) is 0 Å². The SMILES string of the molecule is Fc1cc(F)cc(CCCCc2ccnc(CCCN3CCCC3)n2)c1. The average Bonchev–Trinajstić information content (AvgIpc) is 3.12. The molecule has 26 heavy (non-hydrogen) atoms. The predicted molar refractivity (Wildman–Crippen MR) is 99.0 cm³/mol. The smallest absolute Gasteiger partial charge is 0.128 e. The zero-order valence-electron chi connectivity index (χ0n) is 15.3. The van der Waals surface area contributed by atoms with Gasteiger partial charge in [0.1, 0.15) is 17.5 Å². The lowest BCUT2D eigenvalue weighted by molar-refractivity contribution is 0.333. The standard InChI is InChI=1S/C21H27F2N3/c22-18-14-17(15-19(23)16-18)6-1-2-7-20-9-10-24-21(25-20)8-5-13-26-11-3-4-12-26/h9-10,14-16H,1-8,11-13H2. The number of rotatable bonds is 9. The summed E-state index contributed by atoms with van der Waals surface area (Å²) in [6.45, 7) is 3.60. The molecule has 0 spiro atoms. The number of unbranched alkanes of at least 4 members (excludes halogenated alkanes) is 1. The molecule has 1 fully saturated rings. The van der Waals surface area contributed by atoms with Crippen molar-refractivity contribution in [1.82, 2.24) is 14.9 Å². The second-order valence-electron chi connectivity index (χ2n) is 7.10. The van der Waals surface area contributed by atoms with E-state index < -0.39 is 11.6 Å². The molecular formula is C21H27F2N3. The monoisotopic (exact) mass is 359 g/mol. The highest BCUT2D eigenvalue weighted by molar-refractivity contribution is 5.18. The summed E-state index contributed by atoms with van der Waals surface area (Å²) in [6, 6.07) is 5.69. The molecule has 140 valence electrons. The first kappa shape index (κ1) is 18.9. The van der Waals surface area contributed by atoms with Crippen molar-refractivity contribution in [1.29, 1.82) is 0 Å². The van der Waals surface area contributed by atoms with Gasteiger partial charge in [0, 0.05) is 24.4 Å². The minimum absolute atomic E-state index is 0.505. The van der Waals surface area contributed by atoms with Gasteiger partial charge in [-0.2, -0.15) is 0 Å². The minimum Gasteiger partial charge on any atom is -0.303 e. The van der Waals surface area contributed by atoms with Gasteiger partial charge < -0.3 is 4.90 Å². The summed E-state index contributed by atoms with van der Waals surface area (Å²) in [5.74, 6) is -0.0855. The third-order valence-corrected chi connectivity index (χ3v) is 4.91. The Kier molecular flexibility index (Phi) is 7.06. The van der Waals surface area contributed by atoms with Crippen LogP contribution in [0.25, 0.3) is 0 Å². The van der Waals surface area contributed by atoms with Crippen molar-refractivity contribution in [3.8, 4) is 0 Å². The molecule has 1 aromatic heterocycles. The Morgan fingerprint density at radius 3 is 2.38 bits per heavy atom. The van der Waals surface area contributed by atoms with E-state index in [1.165, 1.54) is 38.1 Å². The van der Waals surface area contributed by atoms with E-state index in [1.807, 2.05) is 12.3 Å². The molecular weight excluding hydrogens is 332 g/mol. The number of nitrogens with zero attached hydrogens (tertiary/aromatic N) is 3. The number of likely N-dealkylation sites (tertiary alicyclic amines) is 1. The number of benzene rings is 1. The molecule has 0 bridgehead atoms. The van der Waals surface area contributed by atoms with Crippen LogP contribution in [0.4, 0.5) is 8.78 Å². The van der Waals surface area contributed by atoms with E-state index in [-0.39, 0.29) is 0 Å². The van der Waals surface area contributed by atoms with Crippen LogP contribution in [0, 0.1) is 11.6 Å². The lowest BCUT2D eigenvalue weighted by Crippen LogP contribution is -2.21. The molecule has 3 nitrogen and oxygen atoms in total. The number of hydrogen-bond donors (Lipinski definition) is 0. The Labute approximate surface area is 154 Å². The topological polar surface area (TPSA) is 29.0 Å². The normalized spacial score (nSPS) is 14.8. The number of aryl methyl sites for hydroxylation is 3. The summed E-state index contributed by atoms with van der Waals surface area (Å²) < 4.78 is 26.4. The molecule has 1 aliphatic rings. The van der Waals surface area contributed by atoms with Gasteiger partial charge in [-0.25, -0.2) is 18.7 Å². The molecule has 0 aliphatic carbocycles. The van der Waals surface area contributed by atoms with Gasteiger partial charge in [0.15, 0.2) is 0 Å². The van der Waals surface area contributed by atoms with Gasteiger partial charge in [0.05, 0.1) is 0 Å². The first-order chi connectivity index (χ1) is 12.7. The van der Waals surface area contributed by atoms with E-state index >= 15 is 0 Å². The molecule has 0 atom stereocenters. The van der Waals surface area contributed by atoms with Crippen molar-refractivity contribution >= 4 is 0 Å². The second kappa shape index (κ2) is 9.72. The van der Waals surface area contributed by atoms with Crippen LogP contribution in [-0.2, 0) is 19.3 Å². The van der Waals surface area contributed by atoms with E-state index in [0.29, 0.717) is 12.0 Å². The van der Waals surface area contributed by atoms with Gasteiger partial charge in [0.25, 0.3) is 0 Å². The van der Waals surface area contributed by atoms with Crippen molar-refractivity contribution < 1.29 is 8.78 Å².